The van der Waals surface area contributed by atoms with Crippen molar-refractivity contribution in [1.29, 1.82) is 0 Å². The van der Waals surface area contributed by atoms with Gasteiger partial charge in [0, 0.05) is 25.3 Å². The van der Waals surface area contributed by atoms with E-state index in [0.717, 1.165) is 50.0 Å². The molecule has 3 aliphatic rings. The number of hydrogen-bond acceptors (Lipinski definition) is 5. The summed E-state index contributed by atoms with van der Waals surface area (Å²) >= 11 is 0. The van der Waals surface area contributed by atoms with Gasteiger partial charge in [0.15, 0.2) is 0 Å². The summed E-state index contributed by atoms with van der Waals surface area (Å²) in [6.45, 7) is 5.84. The third-order valence-corrected chi connectivity index (χ3v) is 6.15. The van der Waals surface area contributed by atoms with Crippen LogP contribution in [0.2, 0.25) is 0 Å². The van der Waals surface area contributed by atoms with Crippen molar-refractivity contribution in [1.82, 2.24) is 15.2 Å². The highest BCUT2D eigenvalue weighted by molar-refractivity contribution is 6.87. The number of carbonyl (C=O) groups excluding carboxylic acids is 1. The molecule has 2 fully saturated rings. The molecule has 3 heterocycles. The maximum Gasteiger partial charge on any atom is 0.253 e. The minimum absolute atomic E-state index is 0.0694. The Balaban J connectivity index is 1.35. The smallest absolute Gasteiger partial charge is 0.253 e. The maximum absolute atomic E-state index is 12.7. The van der Waals surface area contributed by atoms with Crippen LogP contribution in [0.4, 0.5) is 5.82 Å². The summed E-state index contributed by atoms with van der Waals surface area (Å²) in [5.41, 5.74) is 1.85. The summed E-state index contributed by atoms with van der Waals surface area (Å²) in [6, 6.07) is 2.07. The molecule has 1 aliphatic carbocycles. The number of amidine groups is 1. The zero-order valence-corrected chi connectivity index (χ0v) is 16.2. The number of aliphatic imine (C=N–C) groups is 1. The summed E-state index contributed by atoms with van der Waals surface area (Å²) < 4.78 is 0. The fourth-order valence-corrected chi connectivity index (χ4v) is 4.40. The molecule has 1 aromatic rings. The lowest BCUT2D eigenvalue weighted by atomic mass is 9.70. The Kier molecular flexibility index (Phi) is 4.97. The van der Waals surface area contributed by atoms with E-state index in [1.165, 1.54) is 12.8 Å². The number of aromatic nitrogens is 1. The molecule has 7 heteroatoms. The molecule has 1 aromatic heterocycles. The summed E-state index contributed by atoms with van der Waals surface area (Å²) in [4.78, 5) is 23.9. The van der Waals surface area contributed by atoms with Gasteiger partial charge in [0.1, 0.15) is 5.82 Å². The van der Waals surface area contributed by atoms with Crippen molar-refractivity contribution in [3.63, 3.8) is 0 Å². The van der Waals surface area contributed by atoms with Crippen LogP contribution in [-0.4, -0.2) is 58.6 Å². The topological polar surface area (TPSA) is 77.8 Å². The van der Waals surface area contributed by atoms with Gasteiger partial charge in [-0.25, -0.2) is 9.98 Å². The average molecular weight is 367 g/mol. The van der Waals surface area contributed by atoms with Gasteiger partial charge in [0.2, 0.25) is 7.28 Å². The highest BCUT2D eigenvalue weighted by Gasteiger charge is 2.32. The minimum atomic E-state index is -0.637. The van der Waals surface area contributed by atoms with Gasteiger partial charge in [-0.1, -0.05) is 0 Å². The quantitative estimate of drug-likeness (QED) is 0.795. The number of aliphatic hydroxyl groups is 1. The van der Waals surface area contributed by atoms with Crippen LogP contribution in [0.25, 0.3) is 0 Å². The number of carbonyl (C=O) groups is 1. The van der Waals surface area contributed by atoms with Crippen LogP contribution >= 0.6 is 0 Å². The van der Waals surface area contributed by atoms with Crippen LogP contribution in [0, 0.1) is 5.92 Å². The molecule has 2 N–H and O–H groups in total. The molecule has 0 unspecified atom stereocenters. The van der Waals surface area contributed by atoms with E-state index in [1.807, 2.05) is 27.2 Å². The largest absolute Gasteiger partial charge is 0.390 e. The van der Waals surface area contributed by atoms with Gasteiger partial charge in [-0.15, -0.1) is 0 Å². The van der Waals surface area contributed by atoms with E-state index in [-0.39, 0.29) is 11.9 Å². The van der Waals surface area contributed by atoms with Crippen molar-refractivity contribution in [3.05, 3.63) is 17.8 Å². The molecule has 1 saturated heterocycles. The van der Waals surface area contributed by atoms with Crippen molar-refractivity contribution in [2.24, 2.45) is 10.9 Å². The second-order valence-corrected chi connectivity index (χ2v) is 8.62. The first-order valence-corrected chi connectivity index (χ1v) is 10.1. The van der Waals surface area contributed by atoms with Crippen LogP contribution in [0.1, 0.15) is 62.7 Å². The van der Waals surface area contributed by atoms with Gasteiger partial charge in [0.25, 0.3) is 5.91 Å². The Morgan fingerprint density at radius 1 is 1.26 bits per heavy atom. The van der Waals surface area contributed by atoms with Crippen LogP contribution in [0.15, 0.2) is 17.3 Å². The zero-order valence-electron chi connectivity index (χ0n) is 16.2. The molecule has 0 bridgehead atoms. The predicted molar refractivity (Wildman–Crippen MR) is 107 cm³/mol. The van der Waals surface area contributed by atoms with Crippen LogP contribution < -0.4 is 10.8 Å². The molecule has 4 rings (SSSR count). The number of fused-ring (bicyclic) bond motifs is 1. The number of pyridine rings is 1. The minimum Gasteiger partial charge on any atom is -0.390 e. The molecule has 143 valence electrons. The summed E-state index contributed by atoms with van der Waals surface area (Å²) in [5.74, 6) is 0.947. The number of nitrogens with zero attached hydrogens (tertiary/aromatic N) is 3. The fraction of sp³-hybridized carbons (Fsp3) is 0.650. The molecule has 0 aromatic carbocycles. The molecule has 2 aliphatic heterocycles. The van der Waals surface area contributed by atoms with Gasteiger partial charge in [0.05, 0.1) is 16.9 Å². The Hall–Kier alpha value is -1.89. The second kappa shape index (κ2) is 7.26. The van der Waals surface area contributed by atoms with Crippen LogP contribution in [0.3, 0.4) is 0 Å². The van der Waals surface area contributed by atoms with Crippen LogP contribution in [0.5, 0.6) is 0 Å². The lowest BCUT2D eigenvalue weighted by Gasteiger charge is -2.36. The Bertz CT molecular complexity index is 745. The molecule has 1 amide bonds. The number of nitrogens with one attached hydrogen (secondary N) is 1. The zero-order chi connectivity index (χ0) is 19.0. The molecule has 0 spiro atoms. The van der Waals surface area contributed by atoms with Gasteiger partial charge >= 0.3 is 0 Å². The summed E-state index contributed by atoms with van der Waals surface area (Å²) in [7, 11) is 2.04. The van der Waals surface area contributed by atoms with E-state index in [0.29, 0.717) is 17.3 Å². The number of likely N-dealkylation sites (tertiary alicyclic amines) is 1. The van der Waals surface area contributed by atoms with Crippen molar-refractivity contribution >= 4 is 30.2 Å². The highest BCUT2D eigenvalue weighted by atomic mass is 16.3. The highest BCUT2D eigenvalue weighted by Crippen LogP contribution is 2.32. The lowest BCUT2D eigenvalue weighted by Crippen LogP contribution is -2.42. The molecule has 1 saturated carbocycles. The van der Waals surface area contributed by atoms with E-state index < -0.39 is 5.60 Å². The monoisotopic (exact) mass is 367 g/mol. The Labute approximate surface area is 161 Å². The SMILES string of the molecule is CC(C)(O)C1CCC(NC(=O)c2cnc3c(c2)[B]C(N2CCCC2)=N3)CC1. The average Bonchev–Trinajstić information content (AvgIpc) is 3.30. The second-order valence-electron chi connectivity index (χ2n) is 8.62. The van der Waals surface area contributed by atoms with E-state index in [2.05, 4.69) is 20.2 Å². The van der Waals surface area contributed by atoms with Crippen molar-refractivity contribution in [2.75, 3.05) is 13.1 Å². The summed E-state index contributed by atoms with van der Waals surface area (Å²) in [5, 5.41) is 13.3. The lowest BCUT2D eigenvalue weighted by molar-refractivity contribution is -0.00257. The molecule has 27 heavy (non-hydrogen) atoms. The van der Waals surface area contributed by atoms with E-state index in [4.69, 9.17) is 0 Å². The molecule has 1 radical (unpaired) electrons. The van der Waals surface area contributed by atoms with Crippen molar-refractivity contribution < 1.29 is 9.90 Å². The predicted octanol–water partition coefficient (Wildman–Crippen LogP) is 1.57. The first-order valence-electron chi connectivity index (χ1n) is 10.1. The van der Waals surface area contributed by atoms with Gasteiger partial charge in [-0.3, -0.25) is 4.79 Å². The third-order valence-electron chi connectivity index (χ3n) is 6.15. The molecule has 0 atom stereocenters. The Morgan fingerprint density at radius 2 is 1.96 bits per heavy atom. The Morgan fingerprint density at radius 3 is 2.63 bits per heavy atom. The first-order chi connectivity index (χ1) is 12.9. The van der Waals surface area contributed by atoms with E-state index in [9.17, 15) is 9.90 Å². The maximum atomic E-state index is 12.7. The standard InChI is InChI=1S/C20H28BN4O2/c1-20(2,27)14-5-7-15(8-6-14)23-18(26)13-11-16-17(22-12-13)24-19(21-16)25-9-3-4-10-25/h11-12,14-15,27H,3-10H2,1-2H3,(H,23,26). The number of rotatable bonds is 3. The first kappa shape index (κ1) is 18.5. The van der Waals surface area contributed by atoms with Gasteiger partial charge < -0.3 is 15.3 Å². The molecular weight excluding hydrogens is 339 g/mol. The van der Waals surface area contributed by atoms with E-state index >= 15 is 0 Å². The molecular formula is C20H28BN4O2. The van der Waals surface area contributed by atoms with Crippen molar-refractivity contribution in [3.8, 4) is 0 Å². The molecule has 6 nitrogen and oxygen atoms in total. The fourth-order valence-electron chi connectivity index (χ4n) is 4.40. The van der Waals surface area contributed by atoms with Crippen LogP contribution in [-0.2, 0) is 0 Å². The van der Waals surface area contributed by atoms with E-state index in [1.54, 1.807) is 6.20 Å². The van der Waals surface area contributed by atoms with Gasteiger partial charge in [-0.05, 0) is 69.8 Å². The third kappa shape index (κ3) is 4.03. The summed E-state index contributed by atoms with van der Waals surface area (Å²) in [6.07, 6.45) is 7.75. The van der Waals surface area contributed by atoms with Gasteiger partial charge in [-0.2, -0.15) is 0 Å². The van der Waals surface area contributed by atoms with Crippen molar-refractivity contribution in [2.45, 2.75) is 64.0 Å². The number of hydrogen-bond donors (Lipinski definition) is 2. The number of amides is 1. The normalized spacial score (nSPS) is 25.0.